The van der Waals surface area contributed by atoms with Crippen LogP contribution in [0.25, 0.3) is 0 Å². The van der Waals surface area contributed by atoms with Gasteiger partial charge in [-0.15, -0.1) is 0 Å². The molecule has 0 aromatic heterocycles. The lowest BCUT2D eigenvalue weighted by Gasteiger charge is -2.34. The molecule has 0 aliphatic heterocycles. The van der Waals surface area contributed by atoms with E-state index in [-0.39, 0.29) is 22.5 Å². The van der Waals surface area contributed by atoms with Crippen LogP contribution in [0.3, 0.4) is 0 Å². The standard InChI is InChI=1S/C15H23FN2O2S/c1-10(2)12-5-3-4-6-14(12)18-21(19,20)15-9-11(17)7-8-13(15)16/h7-10,12,14,18H,3-6,17H2,1-2H3. The molecular weight excluding hydrogens is 291 g/mol. The average molecular weight is 314 g/mol. The van der Waals surface area contributed by atoms with Crippen molar-refractivity contribution in [3.63, 3.8) is 0 Å². The lowest BCUT2D eigenvalue weighted by Crippen LogP contribution is -2.44. The molecule has 21 heavy (non-hydrogen) atoms. The minimum atomic E-state index is -3.88. The minimum absolute atomic E-state index is 0.135. The molecule has 1 aliphatic carbocycles. The first-order valence-electron chi connectivity index (χ1n) is 7.38. The van der Waals surface area contributed by atoms with Crippen molar-refractivity contribution in [3.05, 3.63) is 24.0 Å². The van der Waals surface area contributed by atoms with Gasteiger partial charge >= 0.3 is 0 Å². The molecule has 2 unspecified atom stereocenters. The normalized spacial score (nSPS) is 23.4. The molecule has 2 rings (SSSR count). The number of sulfonamides is 1. The summed E-state index contributed by atoms with van der Waals surface area (Å²) in [7, 11) is -3.88. The number of benzene rings is 1. The first kappa shape index (κ1) is 16.2. The van der Waals surface area contributed by atoms with Crippen LogP contribution >= 0.6 is 0 Å². The molecule has 1 saturated carbocycles. The summed E-state index contributed by atoms with van der Waals surface area (Å²) in [5.74, 6) is -0.0880. The van der Waals surface area contributed by atoms with Gasteiger partial charge in [0.05, 0.1) is 0 Å². The highest BCUT2D eigenvalue weighted by Crippen LogP contribution is 2.31. The molecular formula is C15H23FN2O2S. The highest BCUT2D eigenvalue weighted by Gasteiger charge is 2.32. The molecule has 3 N–H and O–H groups in total. The van der Waals surface area contributed by atoms with Crippen molar-refractivity contribution in [3.8, 4) is 0 Å². The fraction of sp³-hybridized carbons (Fsp3) is 0.600. The van der Waals surface area contributed by atoms with E-state index in [9.17, 15) is 12.8 Å². The number of halogens is 1. The lowest BCUT2D eigenvalue weighted by molar-refractivity contribution is 0.226. The zero-order chi connectivity index (χ0) is 15.6. The second kappa shape index (κ2) is 6.32. The first-order valence-corrected chi connectivity index (χ1v) is 8.87. The number of nitrogens with one attached hydrogen (secondary N) is 1. The third-order valence-electron chi connectivity index (χ3n) is 4.23. The van der Waals surface area contributed by atoms with E-state index in [1.54, 1.807) is 0 Å². The largest absolute Gasteiger partial charge is 0.399 e. The summed E-state index contributed by atoms with van der Waals surface area (Å²) in [5, 5.41) is 0. The topological polar surface area (TPSA) is 72.2 Å². The van der Waals surface area contributed by atoms with E-state index in [1.165, 1.54) is 12.1 Å². The highest BCUT2D eigenvalue weighted by molar-refractivity contribution is 7.89. The SMILES string of the molecule is CC(C)C1CCCCC1NS(=O)(=O)c1cc(N)ccc1F. The van der Waals surface area contributed by atoms with E-state index in [4.69, 9.17) is 5.73 Å². The van der Waals surface area contributed by atoms with E-state index in [2.05, 4.69) is 18.6 Å². The zero-order valence-electron chi connectivity index (χ0n) is 12.5. The molecule has 1 aromatic carbocycles. The molecule has 118 valence electrons. The predicted octanol–water partition coefficient (Wildman–Crippen LogP) is 2.90. The van der Waals surface area contributed by atoms with Crippen molar-refractivity contribution in [2.45, 2.75) is 50.5 Å². The molecule has 0 amide bonds. The summed E-state index contributed by atoms with van der Waals surface area (Å²) < 4.78 is 41.4. The number of nitrogens with two attached hydrogens (primary N) is 1. The molecule has 0 bridgehead atoms. The smallest absolute Gasteiger partial charge is 0.243 e. The van der Waals surface area contributed by atoms with Crippen molar-refractivity contribution >= 4 is 15.7 Å². The number of hydrogen-bond donors (Lipinski definition) is 2. The van der Waals surface area contributed by atoms with Gasteiger partial charge in [-0.05, 0) is 42.9 Å². The molecule has 6 heteroatoms. The maximum Gasteiger partial charge on any atom is 0.243 e. The molecule has 1 aliphatic rings. The second-order valence-electron chi connectivity index (χ2n) is 6.11. The Kier molecular flexibility index (Phi) is 4.88. The van der Waals surface area contributed by atoms with Gasteiger partial charge in [0, 0.05) is 11.7 Å². The van der Waals surface area contributed by atoms with E-state index in [1.807, 2.05) is 0 Å². The molecule has 1 aromatic rings. The van der Waals surface area contributed by atoms with E-state index in [0.29, 0.717) is 5.92 Å². The fourth-order valence-corrected chi connectivity index (χ4v) is 4.53. The van der Waals surface area contributed by atoms with Gasteiger partial charge in [-0.2, -0.15) is 0 Å². The van der Waals surface area contributed by atoms with Gasteiger partial charge in [0.2, 0.25) is 10.0 Å². The van der Waals surface area contributed by atoms with Crippen LogP contribution in [0.4, 0.5) is 10.1 Å². The minimum Gasteiger partial charge on any atom is -0.399 e. The number of hydrogen-bond acceptors (Lipinski definition) is 3. The average Bonchev–Trinajstić information content (AvgIpc) is 2.41. The van der Waals surface area contributed by atoms with Crippen LogP contribution in [-0.4, -0.2) is 14.5 Å². The zero-order valence-corrected chi connectivity index (χ0v) is 13.3. The molecule has 0 radical (unpaired) electrons. The van der Waals surface area contributed by atoms with Crippen molar-refractivity contribution in [2.24, 2.45) is 11.8 Å². The molecule has 1 fully saturated rings. The highest BCUT2D eigenvalue weighted by atomic mass is 32.2. The summed E-state index contributed by atoms with van der Waals surface area (Å²) in [6, 6.07) is 3.48. The van der Waals surface area contributed by atoms with Crippen LogP contribution in [0.15, 0.2) is 23.1 Å². The van der Waals surface area contributed by atoms with Crippen LogP contribution in [0.1, 0.15) is 39.5 Å². The van der Waals surface area contributed by atoms with Gasteiger partial charge in [-0.3, -0.25) is 0 Å². The molecule has 4 nitrogen and oxygen atoms in total. The van der Waals surface area contributed by atoms with E-state index >= 15 is 0 Å². The maximum absolute atomic E-state index is 13.8. The molecule has 2 atom stereocenters. The number of nitrogen functional groups attached to an aromatic ring is 1. The Balaban J connectivity index is 2.25. The van der Waals surface area contributed by atoms with E-state index in [0.717, 1.165) is 31.7 Å². The Morgan fingerprint density at radius 2 is 1.95 bits per heavy atom. The maximum atomic E-state index is 13.8. The van der Waals surface area contributed by atoms with Crippen LogP contribution in [-0.2, 0) is 10.0 Å². The third-order valence-corrected chi connectivity index (χ3v) is 5.73. The Bertz CT molecular complexity index is 602. The van der Waals surface area contributed by atoms with Crippen LogP contribution in [0, 0.1) is 17.7 Å². The Labute approximate surface area is 126 Å². The first-order chi connectivity index (χ1) is 9.81. The van der Waals surface area contributed by atoms with Gasteiger partial charge in [-0.25, -0.2) is 17.5 Å². The fourth-order valence-electron chi connectivity index (χ4n) is 3.09. The van der Waals surface area contributed by atoms with Crippen molar-refractivity contribution in [1.29, 1.82) is 0 Å². The summed E-state index contributed by atoms with van der Waals surface area (Å²) in [6.45, 7) is 4.19. The van der Waals surface area contributed by atoms with Crippen LogP contribution in [0.5, 0.6) is 0 Å². The van der Waals surface area contributed by atoms with E-state index < -0.39 is 15.8 Å². The predicted molar refractivity (Wildman–Crippen MR) is 81.7 cm³/mol. The van der Waals surface area contributed by atoms with Gasteiger partial charge in [0.25, 0.3) is 0 Å². The Hall–Kier alpha value is -1.14. The lowest BCUT2D eigenvalue weighted by atomic mass is 9.78. The second-order valence-corrected chi connectivity index (χ2v) is 7.79. The number of rotatable bonds is 4. The quantitative estimate of drug-likeness (QED) is 0.839. The summed E-state index contributed by atoms with van der Waals surface area (Å²) in [5.41, 5.74) is 5.81. The van der Waals surface area contributed by atoms with Crippen molar-refractivity contribution in [2.75, 3.05) is 5.73 Å². The van der Waals surface area contributed by atoms with Crippen LogP contribution in [0.2, 0.25) is 0 Å². The number of anilines is 1. The van der Waals surface area contributed by atoms with Gasteiger partial charge in [0.1, 0.15) is 10.7 Å². The van der Waals surface area contributed by atoms with Gasteiger partial charge in [-0.1, -0.05) is 26.7 Å². The molecule has 0 saturated heterocycles. The summed E-state index contributed by atoms with van der Waals surface area (Å²) in [6.07, 6.45) is 3.92. The van der Waals surface area contributed by atoms with Crippen molar-refractivity contribution in [1.82, 2.24) is 4.72 Å². The Morgan fingerprint density at radius 1 is 1.29 bits per heavy atom. The Morgan fingerprint density at radius 3 is 2.62 bits per heavy atom. The molecule has 0 spiro atoms. The summed E-state index contributed by atoms with van der Waals surface area (Å²) >= 11 is 0. The van der Waals surface area contributed by atoms with Gasteiger partial charge in [0.15, 0.2) is 0 Å². The third kappa shape index (κ3) is 3.74. The van der Waals surface area contributed by atoms with Crippen LogP contribution < -0.4 is 10.5 Å². The monoisotopic (exact) mass is 314 g/mol. The summed E-state index contributed by atoms with van der Waals surface area (Å²) in [4.78, 5) is -0.365. The van der Waals surface area contributed by atoms with Crippen molar-refractivity contribution < 1.29 is 12.8 Å². The van der Waals surface area contributed by atoms with Gasteiger partial charge < -0.3 is 5.73 Å². The molecule has 0 heterocycles.